The van der Waals surface area contributed by atoms with Gasteiger partial charge in [0.1, 0.15) is 85.6 Å². The molecule has 0 aromatic rings. The molecule has 7 aliphatic rings. The molecule has 3 saturated heterocycles. The molecule has 7 fully saturated rings. The van der Waals surface area contributed by atoms with Gasteiger partial charge in [-0.2, -0.15) is 0 Å². The van der Waals surface area contributed by atoms with Crippen LogP contribution in [0.4, 0.5) is 0 Å². The molecule has 3 aliphatic heterocycles. The van der Waals surface area contributed by atoms with Gasteiger partial charge in [-0.05, 0) is 97.2 Å². The summed E-state index contributed by atoms with van der Waals surface area (Å²) in [5, 5.41) is 139. The average Bonchev–Trinajstić information content (AvgIpc) is 3.65. The van der Waals surface area contributed by atoms with Crippen molar-refractivity contribution in [2.24, 2.45) is 45.3 Å². The summed E-state index contributed by atoms with van der Waals surface area (Å²) in [4.78, 5) is 11.9. The second-order valence-corrected chi connectivity index (χ2v) is 22.0. The van der Waals surface area contributed by atoms with Gasteiger partial charge in [-0.25, -0.2) is 0 Å². The predicted molar refractivity (Wildman–Crippen MR) is 222 cm³/mol. The molecule has 26 atom stereocenters. The van der Waals surface area contributed by atoms with Crippen molar-refractivity contribution in [3.8, 4) is 0 Å². The van der Waals surface area contributed by atoms with Gasteiger partial charge < -0.3 is 99.6 Å². The third kappa shape index (κ3) is 8.48. The zero-order chi connectivity index (χ0) is 47.9. The molecule has 0 bridgehead atoms. The Morgan fingerprint density at radius 1 is 0.631 bits per heavy atom. The van der Waals surface area contributed by atoms with E-state index >= 15 is 0 Å². The first kappa shape index (κ1) is 51.8. The van der Waals surface area contributed by atoms with Gasteiger partial charge in [0.2, 0.25) is 0 Å². The molecule has 376 valence electrons. The first-order chi connectivity index (χ1) is 30.4. The van der Waals surface area contributed by atoms with Crippen LogP contribution in [0.5, 0.6) is 0 Å². The number of aliphatic hydroxyl groups excluding tert-OH is 13. The highest BCUT2D eigenvalue weighted by atomic mass is 16.8. The SMILES string of the molecule is CC1(C)[C@@H](O[C@@H]2O[C@H](CO)[C@@H](O)[C@H](O)[C@H]2O[C@@H]2O[C@H](CO)[C@@H](O)[C@H](O)[C@H]2O)CC[C@]2(C)[C@H]3C[C@@H](O)[C@@H]4[C@@H]([C@](C)(C[C@@H](O)C=O)O[C@@H]5O[C@H](CO)[C@@H](O)[C@H](O)[C@H]5O)CC[C@@]4(C)[C@]3(C)CC[C@@H]12. The number of rotatable bonds is 13. The van der Waals surface area contributed by atoms with Crippen molar-refractivity contribution >= 4 is 6.29 Å². The van der Waals surface area contributed by atoms with E-state index in [9.17, 15) is 71.2 Å². The second kappa shape index (κ2) is 18.9. The fourth-order valence-corrected chi connectivity index (χ4v) is 14.6. The number of ether oxygens (including phenoxy) is 6. The molecule has 0 amide bonds. The van der Waals surface area contributed by atoms with Gasteiger partial charge in [-0.3, -0.25) is 0 Å². The number of hydrogen-bond acceptors (Lipinski definition) is 20. The van der Waals surface area contributed by atoms with E-state index in [1.54, 1.807) is 6.92 Å². The molecule has 0 unspecified atom stereocenters. The molecular weight excluding hydrogens is 860 g/mol. The lowest BCUT2D eigenvalue weighted by Crippen LogP contribution is -2.68. The third-order valence-corrected chi connectivity index (χ3v) is 18.4. The number of carbonyl (C=O) groups excluding carboxylic acids is 1. The smallest absolute Gasteiger partial charge is 0.187 e. The standard InChI is InChI=1S/C45H76O20/c1-41(2)25-8-12-43(4)26(13-21(51)28-20(7-11-44(28,43)5)45(6,14-19(50)15-46)65-39-36(59)33(56)30(53)23(17-48)61-39)42(25,3)10-9-27(41)63-40-37(34(57)31(54)24(18-49)62-40)64-38-35(58)32(55)29(52)22(16-47)60-38/h15,19-40,47-59H,7-14,16-18H2,1-6H3/t19-,20+,21-,22-,23-,24-,25+,26-,27+,28+,29-,30-,31-,32+,33+,34+,35-,36-,37-,38+,39+,40+,42+,43-,44-,45+/m1/s1. The molecule has 4 saturated carbocycles. The van der Waals surface area contributed by atoms with E-state index in [-0.39, 0.29) is 29.1 Å². The molecule has 7 rings (SSSR count). The van der Waals surface area contributed by atoms with E-state index in [0.717, 1.165) is 12.8 Å². The van der Waals surface area contributed by atoms with Crippen LogP contribution in [0.15, 0.2) is 0 Å². The van der Waals surface area contributed by atoms with Crippen LogP contribution < -0.4 is 0 Å². The van der Waals surface area contributed by atoms with Crippen molar-refractivity contribution in [3.63, 3.8) is 0 Å². The Balaban J connectivity index is 1.13. The number of hydrogen-bond donors (Lipinski definition) is 13. The molecule has 3 heterocycles. The average molecular weight is 937 g/mol. The minimum absolute atomic E-state index is 0.00565. The molecule has 0 aromatic carbocycles. The summed E-state index contributed by atoms with van der Waals surface area (Å²) in [6.45, 7) is 10.6. The Labute approximate surface area is 379 Å². The highest BCUT2D eigenvalue weighted by molar-refractivity contribution is 5.55. The van der Waals surface area contributed by atoms with Crippen LogP contribution in [-0.2, 0) is 33.2 Å². The molecule has 13 N–H and O–H groups in total. The van der Waals surface area contributed by atoms with E-state index < -0.39 is 159 Å². The van der Waals surface area contributed by atoms with E-state index in [0.29, 0.717) is 38.4 Å². The minimum Gasteiger partial charge on any atom is -0.394 e. The minimum atomic E-state index is -1.81. The lowest BCUT2D eigenvalue weighted by Gasteiger charge is -2.71. The number of carbonyl (C=O) groups is 1. The van der Waals surface area contributed by atoms with Crippen LogP contribution >= 0.6 is 0 Å². The van der Waals surface area contributed by atoms with E-state index in [2.05, 4.69) is 34.6 Å². The zero-order valence-corrected chi connectivity index (χ0v) is 38.2. The van der Waals surface area contributed by atoms with E-state index in [4.69, 9.17) is 28.4 Å². The Morgan fingerprint density at radius 3 is 1.72 bits per heavy atom. The normalized spacial score (nSPS) is 53.6. The van der Waals surface area contributed by atoms with Crippen molar-refractivity contribution in [1.82, 2.24) is 0 Å². The zero-order valence-electron chi connectivity index (χ0n) is 38.2. The summed E-state index contributed by atoms with van der Waals surface area (Å²) in [5.74, 6) is -0.822. The van der Waals surface area contributed by atoms with Gasteiger partial charge in [-0.1, -0.05) is 34.6 Å². The van der Waals surface area contributed by atoms with Crippen LogP contribution in [0.3, 0.4) is 0 Å². The Bertz CT molecular complexity index is 1640. The summed E-state index contributed by atoms with van der Waals surface area (Å²) in [7, 11) is 0. The number of aliphatic hydroxyl groups is 13. The van der Waals surface area contributed by atoms with Crippen LogP contribution in [0, 0.1) is 45.3 Å². The van der Waals surface area contributed by atoms with Crippen molar-refractivity contribution in [2.75, 3.05) is 19.8 Å². The topological polar surface area (TPSA) is 335 Å². The van der Waals surface area contributed by atoms with Gasteiger partial charge in [0.15, 0.2) is 18.9 Å². The fourth-order valence-electron chi connectivity index (χ4n) is 14.6. The summed E-state index contributed by atoms with van der Waals surface area (Å²) >= 11 is 0. The van der Waals surface area contributed by atoms with Gasteiger partial charge in [0, 0.05) is 6.42 Å². The van der Waals surface area contributed by atoms with Crippen molar-refractivity contribution < 1.29 is 99.6 Å². The number of fused-ring (bicyclic) bond motifs is 5. The summed E-state index contributed by atoms with van der Waals surface area (Å²) in [6, 6.07) is 0. The molecule has 20 heteroatoms. The molecule has 4 aliphatic carbocycles. The Kier molecular flexibility index (Phi) is 15.1. The van der Waals surface area contributed by atoms with Gasteiger partial charge >= 0.3 is 0 Å². The third-order valence-electron chi connectivity index (χ3n) is 18.4. The maximum absolute atomic E-state index is 12.5. The lowest BCUT2D eigenvalue weighted by atomic mass is 9.35. The lowest BCUT2D eigenvalue weighted by molar-refractivity contribution is -0.378. The monoisotopic (exact) mass is 936 g/mol. The van der Waals surface area contributed by atoms with Crippen LogP contribution in [0.1, 0.15) is 92.9 Å². The predicted octanol–water partition coefficient (Wildman–Crippen LogP) is -2.82. The van der Waals surface area contributed by atoms with Crippen molar-refractivity contribution in [1.29, 1.82) is 0 Å². The van der Waals surface area contributed by atoms with E-state index in [1.165, 1.54) is 0 Å². The van der Waals surface area contributed by atoms with Gasteiger partial charge in [-0.15, -0.1) is 0 Å². The highest BCUT2D eigenvalue weighted by Gasteiger charge is 2.72. The summed E-state index contributed by atoms with van der Waals surface area (Å²) < 4.78 is 36.6. The number of aldehydes is 1. The molecule has 20 nitrogen and oxygen atoms in total. The van der Waals surface area contributed by atoms with E-state index in [1.807, 2.05) is 0 Å². The Hall–Kier alpha value is -1.09. The van der Waals surface area contributed by atoms with Crippen molar-refractivity contribution in [3.05, 3.63) is 0 Å². The van der Waals surface area contributed by atoms with Crippen molar-refractivity contribution in [2.45, 2.75) is 209 Å². The molecule has 0 aromatic heterocycles. The molecule has 0 radical (unpaired) electrons. The fraction of sp³-hybridized carbons (Fsp3) is 0.978. The molecular formula is C45H76O20. The Morgan fingerprint density at radius 2 is 1.15 bits per heavy atom. The second-order valence-electron chi connectivity index (χ2n) is 22.0. The largest absolute Gasteiger partial charge is 0.394 e. The quantitative estimate of drug-likeness (QED) is 0.0654. The summed E-state index contributed by atoms with van der Waals surface area (Å²) in [6.07, 6.45) is -22.0. The summed E-state index contributed by atoms with van der Waals surface area (Å²) in [5.41, 5.74) is -3.12. The maximum atomic E-state index is 12.5. The highest BCUT2D eigenvalue weighted by Crippen LogP contribution is 2.76. The molecule has 0 spiro atoms. The van der Waals surface area contributed by atoms with Crippen LogP contribution in [-0.4, -0.2) is 209 Å². The first-order valence-electron chi connectivity index (χ1n) is 23.4. The van der Waals surface area contributed by atoms with Gasteiger partial charge in [0.05, 0.1) is 37.6 Å². The molecule has 65 heavy (non-hydrogen) atoms. The van der Waals surface area contributed by atoms with Crippen LogP contribution in [0.25, 0.3) is 0 Å². The maximum Gasteiger partial charge on any atom is 0.187 e. The first-order valence-corrected chi connectivity index (χ1v) is 23.4. The van der Waals surface area contributed by atoms with Crippen LogP contribution in [0.2, 0.25) is 0 Å². The van der Waals surface area contributed by atoms with Gasteiger partial charge in [0.25, 0.3) is 0 Å².